The Morgan fingerprint density at radius 2 is 2.00 bits per heavy atom. The molecular formula is C20H21ClN2O6S. The Kier molecular flexibility index (Phi) is 5.77. The molecule has 0 unspecified atom stereocenters. The minimum atomic E-state index is -3.87. The summed E-state index contributed by atoms with van der Waals surface area (Å²) in [5, 5.41) is 3.14. The number of carbonyl (C=O) groups is 1. The van der Waals surface area contributed by atoms with Gasteiger partial charge in [-0.1, -0.05) is 11.6 Å². The molecule has 2 aromatic rings. The van der Waals surface area contributed by atoms with Gasteiger partial charge < -0.3 is 19.5 Å². The van der Waals surface area contributed by atoms with E-state index in [1.54, 1.807) is 24.3 Å². The third-order valence-electron chi connectivity index (χ3n) is 5.14. The van der Waals surface area contributed by atoms with Crippen LogP contribution in [0, 0.1) is 5.92 Å². The summed E-state index contributed by atoms with van der Waals surface area (Å²) in [5.74, 6) is 0.675. The molecule has 2 aliphatic rings. The lowest BCUT2D eigenvalue weighted by molar-refractivity contribution is -0.120. The molecule has 4 rings (SSSR count). The molecule has 1 fully saturated rings. The predicted molar refractivity (Wildman–Crippen MR) is 111 cm³/mol. The number of nitrogens with zero attached hydrogens (tertiary/aromatic N) is 1. The van der Waals surface area contributed by atoms with Gasteiger partial charge in [0.15, 0.2) is 11.5 Å². The van der Waals surface area contributed by atoms with Gasteiger partial charge in [0.25, 0.3) is 0 Å². The topological polar surface area (TPSA) is 94.2 Å². The van der Waals surface area contributed by atoms with Gasteiger partial charge in [-0.25, -0.2) is 8.42 Å². The van der Waals surface area contributed by atoms with Crippen LogP contribution < -0.4 is 19.5 Å². The summed E-state index contributed by atoms with van der Waals surface area (Å²) in [7, 11) is -2.46. The number of fused-ring (bicyclic) bond motifs is 1. The third-order valence-corrected chi connectivity index (χ3v) is 7.26. The third kappa shape index (κ3) is 4.05. The number of ether oxygens (including phenoxy) is 3. The van der Waals surface area contributed by atoms with Crippen LogP contribution in [0.25, 0.3) is 0 Å². The van der Waals surface area contributed by atoms with Gasteiger partial charge in [0, 0.05) is 29.9 Å². The van der Waals surface area contributed by atoms with Crippen LogP contribution >= 0.6 is 11.6 Å². The van der Waals surface area contributed by atoms with E-state index in [9.17, 15) is 13.2 Å². The van der Waals surface area contributed by atoms with E-state index in [2.05, 4.69) is 5.32 Å². The molecule has 1 atom stereocenters. The van der Waals surface area contributed by atoms with Crippen molar-refractivity contribution in [3.8, 4) is 17.2 Å². The van der Waals surface area contributed by atoms with Gasteiger partial charge in [-0.3, -0.25) is 4.79 Å². The van der Waals surface area contributed by atoms with Crippen molar-refractivity contribution in [2.24, 2.45) is 5.92 Å². The number of piperidine rings is 1. The second-order valence-electron chi connectivity index (χ2n) is 7.05. The van der Waals surface area contributed by atoms with Crippen LogP contribution in [0.1, 0.15) is 12.8 Å². The molecule has 0 aliphatic carbocycles. The fourth-order valence-electron chi connectivity index (χ4n) is 3.58. The highest BCUT2D eigenvalue weighted by molar-refractivity contribution is 7.89. The number of benzene rings is 2. The van der Waals surface area contributed by atoms with Gasteiger partial charge >= 0.3 is 0 Å². The van der Waals surface area contributed by atoms with Gasteiger partial charge in [-0.05, 0) is 43.2 Å². The van der Waals surface area contributed by atoms with E-state index in [4.69, 9.17) is 25.8 Å². The molecule has 0 bridgehead atoms. The molecule has 2 heterocycles. The van der Waals surface area contributed by atoms with Gasteiger partial charge in [-0.2, -0.15) is 4.31 Å². The van der Waals surface area contributed by atoms with Crippen molar-refractivity contribution in [3.05, 3.63) is 41.4 Å². The zero-order valence-electron chi connectivity index (χ0n) is 16.3. The van der Waals surface area contributed by atoms with Crippen molar-refractivity contribution < 1.29 is 27.4 Å². The number of carbonyl (C=O) groups excluding carboxylic acids is 1. The van der Waals surface area contributed by atoms with Crippen LogP contribution in [0.5, 0.6) is 17.2 Å². The summed E-state index contributed by atoms with van der Waals surface area (Å²) in [4.78, 5) is 12.8. The Hall–Kier alpha value is -2.49. The normalized spacial score (nSPS) is 18.8. The van der Waals surface area contributed by atoms with E-state index >= 15 is 0 Å². The SMILES string of the molecule is COc1ccc(Cl)cc1S(=O)(=O)N1CCC[C@@H](C(=O)Nc2ccc3c(c2)OCO3)C1. The molecule has 0 aromatic heterocycles. The predicted octanol–water partition coefficient (Wildman–Crippen LogP) is 3.12. The molecule has 2 aromatic carbocycles. The van der Waals surface area contributed by atoms with Crippen LogP contribution in [0.2, 0.25) is 5.02 Å². The van der Waals surface area contributed by atoms with E-state index in [1.807, 2.05) is 0 Å². The first kappa shape index (κ1) is 20.8. The number of sulfonamides is 1. The minimum absolute atomic E-state index is 0.00525. The van der Waals surface area contributed by atoms with Crippen LogP contribution in [0.15, 0.2) is 41.3 Å². The molecular weight excluding hydrogens is 432 g/mol. The molecule has 8 nitrogen and oxygen atoms in total. The van der Waals surface area contributed by atoms with Gasteiger partial charge in [0.2, 0.25) is 22.7 Å². The van der Waals surface area contributed by atoms with E-state index < -0.39 is 15.9 Å². The zero-order valence-corrected chi connectivity index (χ0v) is 17.8. The molecule has 30 heavy (non-hydrogen) atoms. The van der Waals surface area contributed by atoms with Gasteiger partial charge in [-0.15, -0.1) is 0 Å². The zero-order chi connectivity index (χ0) is 21.3. The van der Waals surface area contributed by atoms with Gasteiger partial charge in [0.1, 0.15) is 10.6 Å². The maximum absolute atomic E-state index is 13.2. The number of amides is 1. The summed E-state index contributed by atoms with van der Waals surface area (Å²) in [6, 6.07) is 9.58. The number of nitrogens with one attached hydrogen (secondary N) is 1. The Morgan fingerprint density at radius 3 is 2.80 bits per heavy atom. The quantitative estimate of drug-likeness (QED) is 0.749. The van der Waals surface area contributed by atoms with Crippen molar-refractivity contribution >= 4 is 33.2 Å². The lowest BCUT2D eigenvalue weighted by atomic mass is 9.98. The first-order valence-electron chi connectivity index (χ1n) is 9.42. The highest BCUT2D eigenvalue weighted by Crippen LogP contribution is 2.35. The number of hydrogen-bond acceptors (Lipinski definition) is 6. The lowest BCUT2D eigenvalue weighted by Gasteiger charge is -2.31. The first-order valence-corrected chi connectivity index (χ1v) is 11.2. The monoisotopic (exact) mass is 452 g/mol. The molecule has 0 spiro atoms. The Labute approximate surface area is 179 Å². The molecule has 0 radical (unpaired) electrons. The van der Waals surface area contributed by atoms with Crippen molar-refractivity contribution in [2.75, 3.05) is 32.3 Å². The fraction of sp³-hybridized carbons (Fsp3) is 0.350. The average molecular weight is 453 g/mol. The summed E-state index contributed by atoms with van der Waals surface area (Å²) < 4.78 is 43.5. The highest BCUT2D eigenvalue weighted by atomic mass is 35.5. The number of halogens is 1. The maximum Gasteiger partial charge on any atom is 0.246 e. The second kappa shape index (κ2) is 8.33. The summed E-state index contributed by atoms with van der Waals surface area (Å²) >= 11 is 6.01. The van der Waals surface area contributed by atoms with Crippen LogP contribution in [-0.2, 0) is 14.8 Å². The standard InChI is InChI=1S/C20H21ClN2O6S/c1-27-17-6-4-14(21)9-19(17)30(25,26)23-8-2-3-13(11-23)20(24)22-15-5-7-16-18(10-15)29-12-28-16/h4-7,9-10,13H,2-3,8,11-12H2,1H3,(H,22,24)/t13-/m1/s1. The molecule has 2 aliphatic heterocycles. The maximum atomic E-state index is 13.2. The largest absolute Gasteiger partial charge is 0.495 e. The number of anilines is 1. The van der Waals surface area contributed by atoms with E-state index in [1.165, 1.54) is 23.5 Å². The Bertz CT molecular complexity index is 1070. The van der Waals surface area contributed by atoms with Gasteiger partial charge in [0.05, 0.1) is 13.0 Å². The van der Waals surface area contributed by atoms with Crippen molar-refractivity contribution in [1.29, 1.82) is 0 Å². The Balaban J connectivity index is 1.50. The number of rotatable bonds is 5. The first-order chi connectivity index (χ1) is 14.4. The summed E-state index contributed by atoms with van der Waals surface area (Å²) in [6.45, 7) is 0.551. The van der Waals surface area contributed by atoms with Crippen LogP contribution in [0.4, 0.5) is 5.69 Å². The van der Waals surface area contributed by atoms with E-state index in [0.717, 1.165) is 0 Å². The molecule has 0 saturated carbocycles. The van der Waals surface area contributed by atoms with E-state index in [-0.39, 0.29) is 29.9 Å². The minimum Gasteiger partial charge on any atom is -0.495 e. The lowest BCUT2D eigenvalue weighted by Crippen LogP contribution is -2.43. The smallest absolute Gasteiger partial charge is 0.246 e. The van der Waals surface area contributed by atoms with Crippen molar-refractivity contribution in [2.45, 2.75) is 17.7 Å². The molecule has 10 heteroatoms. The number of hydrogen-bond donors (Lipinski definition) is 1. The summed E-state index contributed by atoms with van der Waals surface area (Å²) in [6.07, 6.45) is 1.16. The Morgan fingerprint density at radius 1 is 1.20 bits per heavy atom. The highest BCUT2D eigenvalue weighted by Gasteiger charge is 2.35. The van der Waals surface area contributed by atoms with Crippen molar-refractivity contribution in [3.63, 3.8) is 0 Å². The second-order valence-corrected chi connectivity index (χ2v) is 9.40. The summed E-state index contributed by atoms with van der Waals surface area (Å²) in [5.41, 5.74) is 0.570. The molecule has 1 amide bonds. The molecule has 160 valence electrons. The average Bonchev–Trinajstić information content (AvgIpc) is 3.21. The fourth-order valence-corrected chi connectivity index (χ4v) is 5.53. The number of methoxy groups -OCH3 is 1. The molecule has 1 saturated heterocycles. The van der Waals surface area contributed by atoms with Crippen LogP contribution in [0.3, 0.4) is 0 Å². The molecule has 1 N–H and O–H groups in total. The van der Waals surface area contributed by atoms with Crippen LogP contribution in [-0.4, -0.2) is 45.6 Å². The van der Waals surface area contributed by atoms with E-state index in [0.29, 0.717) is 41.6 Å². The van der Waals surface area contributed by atoms with Crippen molar-refractivity contribution in [1.82, 2.24) is 4.31 Å².